The van der Waals surface area contributed by atoms with Gasteiger partial charge >= 0.3 is 6.09 Å². The molecular formula is C39H46FN3O4. The molecule has 0 spiro atoms. The number of rotatable bonds is 10. The van der Waals surface area contributed by atoms with E-state index in [4.69, 9.17) is 14.2 Å². The van der Waals surface area contributed by atoms with Gasteiger partial charge in [0.15, 0.2) is 6.23 Å². The van der Waals surface area contributed by atoms with Crippen LogP contribution in [0.3, 0.4) is 0 Å². The molecule has 248 valence electrons. The van der Waals surface area contributed by atoms with Crippen molar-refractivity contribution in [2.24, 2.45) is 5.92 Å². The van der Waals surface area contributed by atoms with E-state index in [1.54, 1.807) is 9.58 Å². The number of aromatic nitrogens is 2. The van der Waals surface area contributed by atoms with Crippen LogP contribution in [0.2, 0.25) is 0 Å². The highest BCUT2D eigenvalue weighted by atomic mass is 19.1. The lowest BCUT2D eigenvalue weighted by molar-refractivity contribution is -0.0375. The van der Waals surface area contributed by atoms with Gasteiger partial charge < -0.3 is 19.1 Å². The van der Waals surface area contributed by atoms with Crippen LogP contribution >= 0.6 is 0 Å². The quantitative estimate of drug-likeness (QED) is 0.162. The van der Waals surface area contributed by atoms with Crippen molar-refractivity contribution in [2.45, 2.75) is 78.0 Å². The number of ether oxygens (including phenoxy) is 3. The van der Waals surface area contributed by atoms with E-state index in [1.807, 2.05) is 58.0 Å². The summed E-state index contributed by atoms with van der Waals surface area (Å²) in [5.74, 6) is 0.653. The molecule has 0 bridgehead atoms. The number of fused-ring (bicyclic) bond motifs is 1. The van der Waals surface area contributed by atoms with E-state index in [2.05, 4.69) is 47.6 Å². The molecule has 2 heterocycles. The molecule has 2 aliphatic rings. The third-order valence-corrected chi connectivity index (χ3v) is 9.05. The van der Waals surface area contributed by atoms with E-state index in [0.29, 0.717) is 43.4 Å². The van der Waals surface area contributed by atoms with Crippen molar-refractivity contribution in [3.63, 3.8) is 0 Å². The minimum Gasteiger partial charge on any atom is -0.492 e. The summed E-state index contributed by atoms with van der Waals surface area (Å²) in [4.78, 5) is 14.2. The molecule has 4 aromatic rings. The summed E-state index contributed by atoms with van der Waals surface area (Å²) in [6, 6.07) is 24.7. The summed E-state index contributed by atoms with van der Waals surface area (Å²) in [6.07, 6.45) is 5.74. The molecule has 1 saturated carbocycles. The fraction of sp³-hybridized carbons (Fsp3) is 0.436. The molecule has 1 atom stereocenters. The van der Waals surface area contributed by atoms with Gasteiger partial charge in [-0.2, -0.15) is 4.39 Å². The Kier molecular flexibility index (Phi) is 9.97. The third kappa shape index (κ3) is 7.54. The number of amides is 1. The number of halogens is 1. The maximum Gasteiger partial charge on any atom is 0.410 e. The van der Waals surface area contributed by atoms with Crippen molar-refractivity contribution in [1.82, 2.24) is 14.7 Å². The first-order chi connectivity index (χ1) is 22.7. The number of hydrogen-bond acceptors (Lipinski definition) is 5. The Morgan fingerprint density at radius 3 is 2.34 bits per heavy atom. The Labute approximate surface area is 277 Å². The zero-order chi connectivity index (χ0) is 33.0. The SMILES string of the molecule is CCN(CCOc1ccc(/C(=C(\c2ccccc2)C2CCC2)c2ccc3c(c2)c(F)nn3C2CCCCO2)cc1)C(=O)OC(C)(C)C. The summed E-state index contributed by atoms with van der Waals surface area (Å²) in [6.45, 7) is 9.48. The molecule has 1 aliphatic carbocycles. The van der Waals surface area contributed by atoms with Crippen LogP contribution in [0.5, 0.6) is 5.75 Å². The van der Waals surface area contributed by atoms with E-state index < -0.39 is 11.5 Å². The van der Waals surface area contributed by atoms with E-state index in [-0.39, 0.29) is 12.3 Å². The van der Waals surface area contributed by atoms with Crippen molar-refractivity contribution in [3.05, 3.63) is 95.4 Å². The first-order valence-corrected chi connectivity index (χ1v) is 17.0. The Bertz CT molecular complexity index is 1700. The van der Waals surface area contributed by atoms with Crippen LogP contribution in [-0.2, 0) is 9.47 Å². The van der Waals surface area contributed by atoms with Crippen LogP contribution in [0, 0.1) is 11.9 Å². The molecule has 1 aliphatic heterocycles. The van der Waals surface area contributed by atoms with Crippen molar-refractivity contribution in [3.8, 4) is 5.75 Å². The number of carbonyl (C=O) groups is 1. The van der Waals surface area contributed by atoms with E-state index in [9.17, 15) is 4.79 Å². The second-order valence-corrected chi connectivity index (χ2v) is 13.5. The second kappa shape index (κ2) is 14.3. The second-order valence-electron chi connectivity index (χ2n) is 13.5. The van der Waals surface area contributed by atoms with Gasteiger partial charge in [-0.05, 0) is 118 Å². The van der Waals surface area contributed by atoms with Gasteiger partial charge in [-0.1, -0.05) is 55.0 Å². The molecule has 6 rings (SSSR count). The molecule has 1 amide bonds. The Balaban J connectivity index is 1.33. The molecule has 1 saturated heterocycles. The number of allylic oxidation sites excluding steroid dienone is 1. The van der Waals surface area contributed by atoms with Crippen molar-refractivity contribution >= 4 is 28.1 Å². The lowest BCUT2D eigenvalue weighted by Crippen LogP contribution is -2.38. The Hall–Kier alpha value is -4.17. The standard InChI is InChI=1S/C39H46FN3O4/c1-5-42(38(44)47-39(2,3)4)23-25-45-31-20-17-29(18-21-31)36(35(28-14-11-15-28)27-12-7-6-8-13-27)30-19-22-33-32(26-30)37(40)41-43(33)34-16-9-10-24-46-34/h6-8,12-13,17-22,26,28,34H,5,9-11,14-16,23-25H2,1-4H3/b36-35-. The number of carbonyl (C=O) groups excluding carboxylic acids is 1. The molecule has 0 N–H and O–H groups in total. The molecule has 1 aromatic heterocycles. The zero-order valence-electron chi connectivity index (χ0n) is 28.0. The van der Waals surface area contributed by atoms with Crippen LogP contribution in [-0.4, -0.2) is 52.7 Å². The maximum absolute atomic E-state index is 15.5. The monoisotopic (exact) mass is 639 g/mol. The maximum atomic E-state index is 15.5. The molecule has 47 heavy (non-hydrogen) atoms. The molecule has 1 unspecified atom stereocenters. The summed E-state index contributed by atoms with van der Waals surface area (Å²) < 4.78 is 34.8. The summed E-state index contributed by atoms with van der Waals surface area (Å²) >= 11 is 0. The van der Waals surface area contributed by atoms with Gasteiger partial charge in [0, 0.05) is 13.2 Å². The highest BCUT2D eigenvalue weighted by molar-refractivity contribution is 6.01. The van der Waals surface area contributed by atoms with Gasteiger partial charge in [0.1, 0.15) is 18.0 Å². The molecular weight excluding hydrogens is 593 g/mol. The van der Waals surface area contributed by atoms with Crippen LogP contribution in [0.15, 0.2) is 72.8 Å². The minimum absolute atomic E-state index is 0.243. The summed E-state index contributed by atoms with van der Waals surface area (Å²) in [7, 11) is 0. The Morgan fingerprint density at radius 2 is 1.70 bits per heavy atom. The fourth-order valence-corrected chi connectivity index (χ4v) is 6.47. The summed E-state index contributed by atoms with van der Waals surface area (Å²) in [5.41, 5.74) is 5.75. The number of likely N-dealkylation sites (N-methyl/N-ethyl adjacent to an activating group) is 1. The number of hydrogen-bond donors (Lipinski definition) is 0. The van der Waals surface area contributed by atoms with Gasteiger partial charge in [0.05, 0.1) is 17.4 Å². The predicted molar refractivity (Wildman–Crippen MR) is 184 cm³/mol. The van der Waals surface area contributed by atoms with Gasteiger partial charge in [-0.25, -0.2) is 9.48 Å². The first kappa shape index (κ1) is 32.8. The number of benzene rings is 3. The van der Waals surface area contributed by atoms with Gasteiger partial charge in [-0.3, -0.25) is 0 Å². The lowest BCUT2D eigenvalue weighted by atomic mass is 9.73. The van der Waals surface area contributed by atoms with E-state index >= 15 is 4.39 Å². The van der Waals surface area contributed by atoms with Crippen LogP contribution < -0.4 is 4.74 Å². The summed E-state index contributed by atoms with van der Waals surface area (Å²) in [5, 5.41) is 4.80. The highest BCUT2D eigenvalue weighted by Crippen LogP contribution is 2.45. The largest absolute Gasteiger partial charge is 0.492 e. The average Bonchev–Trinajstić information content (AvgIpc) is 3.38. The van der Waals surface area contributed by atoms with Crippen molar-refractivity contribution in [2.75, 3.05) is 26.3 Å². The molecule has 8 heteroatoms. The highest BCUT2D eigenvalue weighted by Gasteiger charge is 2.28. The van der Waals surface area contributed by atoms with Crippen LogP contribution in [0.25, 0.3) is 22.0 Å². The van der Waals surface area contributed by atoms with Gasteiger partial charge in [0.25, 0.3) is 0 Å². The van der Waals surface area contributed by atoms with Crippen molar-refractivity contribution in [1.29, 1.82) is 0 Å². The predicted octanol–water partition coefficient (Wildman–Crippen LogP) is 9.27. The van der Waals surface area contributed by atoms with E-state index in [0.717, 1.165) is 54.3 Å². The van der Waals surface area contributed by atoms with Crippen molar-refractivity contribution < 1.29 is 23.4 Å². The average molecular weight is 640 g/mol. The normalized spacial score (nSPS) is 17.6. The van der Waals surface area contributed by atoms with Crippen LogP contribution in [0.4, 0.5) is 9.18 Å². The Morgan fingerprint density at radius 1 is 0.957 bits per heavy atom. The fourth-order valence-electron chi connectivity index (χ4n) is 6.47. The topological polar surface area (TPSA) is 65.8 Å². The third-order valence-electron chi connectivity index (χ3n) is 9.05. The zero-order valence-corrected chi connectivity index (χ0v) is 28.0. The molecule has 2 fully saturated rings. The van der Waals surface area contributed by atoms with Crippen LogP contribution in [0.1, 0.15) is 89.1 Å². The molecule has 3 aromatic carbocycles. The first-order valence-electron chi connectivity index (χ1n) is 17.0. The molecule has 0 radical (unpaired) electrons. The minimum atomic E-state index is -0.551. The van der Waals surface area contributed by atoms with Gasteiger partial charge in [0.2, 0.25) is 5.95 Å². The molecule has 7 nitrogen and oxygen atoms in total. The smallest absolute Gasteiger partial charge is 0.410 e. The van der Waals surface area contributed by atoms with Gasteiger partial charge in [-0.15, -0.1) is 5.10 Å². The van der Waals surface area contributed by atoms with E-state index in [1.165, 1.54) is 17.6 Å². The lowest BCUT2D eigenvalue weighted by Gasteiger charge is -2.31. The number of nitrogens with zero attached hydrogens (tertiary/aromatic N) is 3.